The zero-order valence-electron chi connectivity index (χ0n) is 10.8. The van der Waals surface area contributed by atoms with Crippen LogP contribution in [0.5, 0.6) is 0 Å². The predicted octanol–water partition coefficient (Wildman–Crippen LogP) is 2.60. The summed E-state index contributed by atoms with van der Waals surface area (Å²) >= 11 is 0. The van der Waals surface area contributed by atoms with Crippen molar-refractivity contribution in [2.75, 3.05) is 6.54 Å². The van der Waals surface area contributed by atoms with Crippen LogP contribution < -0.4 is 5.32 Å². The molecule has 0 aliphatic heterocycles. The Morgan fingerprint density at radius 2 is 1.89 bits per heavy atom. The first-order valence-corrected chi connectivity index (χ1v) is 6.24. The predicted molar refractivity (Wildman–Crippen MR) is 72.0 cm³/mol. The molecule has 3 nitrogen and oxygen atoms in total. The second-order valence-electron chi connectivity index (χ2n) is 4.45. The molecule has 0 spiro atoms. The SMILES string of the molecule is C[C@@H](NCC(O)c1ccccc1F)c1ccncc1. The fourth-order valence-corrected chi connectivity index (χ4v) is 1.91. The van der Waals surface area contributed by atoms with Crippen molar-refractivity contribution in [3.8, 4) is 0 Å². The minimum absolute atomic E-state index is 0.0735. The Bertz CT molecular complexity index is 519. The van der Waals surface area contributed by atoms with E-state index < -0.39 is 6.10 Å². The van der Waals surface area contributed by atoms with Crippen molar-refractivity contribution < 1.29 is 9.50 Å². The number of nitrogens with one attached hydrogen (secondary N) is 1. The maximum absolute atomic E-state index is 13.5. The quantitative estimate of drug-likeness (QED) is 0.868. The third kappa shape index (κ3) is 3.59. The van der Waals surface area contributed by atoms with Crippen LogP contribution in [-0.4, -0.2) is 16.6 Å². The summed E-state index contributed by atoms with van der Waals surface area (Å²) in [7, 11) is 0. The van der Waals surface area contributed by atoms with Gasteiger partial charge in [-0.25, -0.2) is 4.39 Å². The van der Waals surface area contributed by atoms with Crippen LogP contribution in [-0.2, 0) is 0 Å². The van der Waals surface area contributed by atoms with Crippen LogP contribution in [0.1, 0.15) is 30.2 Å². The van der Waals surface area contributed by atoms with E-state index in [-0.39, 0.29) is 11.9 Å². The van der Waals surface area contributed by atoms with E-state index in [4.69, 9.17) is 0 Å². The van der Waals surface area contributed by atoms with Crippen molar-refractivity contribution in [1.82, 2.24) is 10.3 Å². The molecule has 0 radical (unpaired) electrons. The van der Waals surface area contributed by atoms with Gasteiger partial charge in [0.1, 0.15) is 5.82 Å². The van der Waals surface area contributed by atoms with E-state index in [0.29, 0.717) is 12.1 Å². The standard InChI is InChI=1S/C15H17FN2O/c1-11(12-6-8-17-9-7-12)18-10-15(19)13-4-2-3-5-14(13)16/h2-9,11,15,18-19H,10H2,1H3/t11-,15?/m1/s1. The van der Waals surface area contributed by atoms with Crippen molar-refractivity contribution in [1.29, 1.82) is 0 Å². The van der Waals surface area contributed by atoms with E-state index in [0.717, 1.165) is 5.56 Å². The maximum Gasteiger partial charge on any atom is 0.129 e. The zero-order chi connectivity index (χ0) is 13.7. The van der Waals surface area contributed by atoms with E-state index >= 15 is 0 Å². The summed E-state index contributed by atoms with van der Waals surface area (Å²) in [6, 6.07) is 10.2. The topological polar surface area (TPSA) is 45.1 Å². The van der Waals surface area contributed by atoms with Gasteiger partial charge >= 0.3 is 0 Å². The van der Waals surface area contributed by atoms with Crippen molar-refractivity contribution >= 4 is 0 Å². The highest BCUT2D eigenvalue weighted by molar-refractivity contribution is 5.20. The molecular weight excluding hydrogens is 243 g/mol. The maximum atomic E-state index is 13.5. The Labute approximate surface area is 112 Å². The van der Waals surface area contributed by atoms with Crippen molar-refractivity contribution in [3.63, 3.8) is 0 Å². The lowest BCUT2D eigenvalue weighted by molar-refractivity contribution is 0.166. The lowest BCUT2D eigenvalue weighted by atomic mass is 10.1. The van der Waals surface area contributed by atoms with E-state index in [1.54, 1.807) is 30.6 Å². The lowest BCUT2D eigenvalue weighted by Gasteiger charge is -2.18. The molecular formula is C15H17FN2O. The number of hydrogen-bond acceptors (Lipinski definition) is 3. The van der Waals surface area contributed by atoms with Gasteiger partial charge in [-0.1, -0.05) is 18.2 Å². The molecule has 0 aliphatic rings. The molecule has 0 saturated carbocycles. The Morgan fingerprint density at radius 3 is 2.58 bits per heavy atom. The van der Waals surface area contributed by atoms with Crippen LogP contribution in [0.4, 0.5) is 4.39 Å². The third-order valence-corrected chi connectivity index (χ3v) is 3.09. The van der Waals surface area contributed by atoms with Gasteiger partial charge in [0.05, 0.1) is 6.10 Å². The monoisotopic (exact) mass is 260 g/mol. The zero-order valence-corrected chi connectivity index (χ0v) is 10.8. The van der Waals surface area contributed by atoms with Crippen molar-refractivity contribution in [2.45, 2.75) is 19.1 Å². The minimum Gasteiger partial charge on any atom is -0.387 e. The van der Waals surface area contributed by atoms with Gasteiger partial charge in [-0.05, 0) is 30.7 Å². The van der Waals surface area contributed by atoms with E-state index in [1.807, 2.05) is 19.1 Å². The molecule has 2 aromatic rings. The lowest BCUT2D eigenvalue weighted by Crippen LogP contribution is -2.25. The van der Waals surface area contributed by atoms with Crippen molar-refractivity contribution in [3.05, 3.63) is 65.7 Å². The first-order chi connectivity index (χ1) is 9.18. The fraction of sp³-hybridized carbons (Fsp3) is 0.267. The second kappa shape index (κ2) is 6.41. The van der Waals surface area contributed by atoms with Gasteiger partial charge in [0.25, 0.3) is 0 Å². The summed E-state index contributed by atoms with van der Waals surface area (Å²) in [5.41, 5.74) is 1.40. The first-order valence-electron chi connectivity index (χ1n) is 6.24. The molecule has 0 bridgehead atoms. The average molecular weight is 260 g/mol. The number of aromatic nitrogens is 1. The molecule has 1 aromatic carbocycles. The average Bonchev–Trinajstić information content (AvgIpc) is 2.46. The van der Waals surface area contributed by atoms with Crippen LogP contribution in [0, 0.1) is 5.82 Å². The van der Waals surface area contributed by atoms with E-state index in [9.17, 15) is 9.50 Å². The number of nitrogens with zero attached hydrogens (tertiary/aromatic N) is 1. The highest BCUT2D eigenvalue weighted by Crippen LogP contribution is 2.17. The summed E-state index contributed by atoms with van der Waals surface area (Å²) in [5, 5.41) is 13.2. The number of pyridine rings is 1. The van der Waals surface area contributed by atoms with Crippen LogP contribution >= 0.6 is 0 Å². The molecule has 1 aromatic heterocycles. The van der Waals surface area contributed by atoms with Gasteiger partial charge in [-0.15, -0.1) is 0 Å². The summed E-state index contributed by atoms with van der Waals surface area (Å²) in [5.74, 6) is -0.381. The molecule has 2 rings (SSSR count). The first kappa shape index (κ1) is 13.6. The van der Waals surface area contributed by atoms with Crippen LogP contribution in [0.15, 0.2) is 48.8 Å². The Hall–Kier alpha value is -1.78. The normalized spacial score (nSPS) is 14.1. The number of rotatable bonds is 5. The molecule has 4 heteroatoms. The summed E-state index contributed by atoms with van der Waals surface area (Å²) < 4.78 is 13.5. The molecule has 2 atom stereocenters. The minimum atomic E-state index is -0.856. The molecule has 2 N–H and O–H groups in total. The molecule has 0 aliphatic carbocycles. The highest BCUT2D eigenvalue weighted by Gasteiger charge is 2.13. The summed E-state index contributed by atoms with van der Waals surface area (Å²) in [6.45, 7) is 2.29. The number of aliphatic hydroxyl groups is 1. The second-order valence-corrected chi connectivity index (χ2v) is 4.45. The van der Waals surface area contributed by atoms with Gasteiger partial charge in [0, 0.05) is 30.5 Å². The summed E-state index contributed by atoms with van der Waals surface area (Å²) in [4.78, 5) is 3.96. The highest BCUT2D eigenvalue weighted by atomic mass is 19.1. The summed E-state index contributed by atoms with van der Waals surface area (Å²) in [6.07, 6.45) is 2.59. The van der Waals surface area contributed by atoms with Crippen molar-refractivity contribution in [2.24, 2.45) is 0 Å². The molecule has 1 unspecified atom stereocenters. The Balaban J connectivity index is 1.94. The number of hydrogen-bond donors (Lipinski definition) is 2. The van der Waals surface area contributed by atoms with Gasteiger partial charge in [0.2, 0.25) is 0 Å². The Kier molecular flexibility index (Phi) is 4.60. The van der Waals surface area contributed by atoms with Gasteiger partial charge in [-0.3, -0.25) is 4.98 Å². The smallest absolute Gasteiger partial charge is 0.129 e. The van der Waals surface area contributed by atoms with E-state index in [1.165, 1.54) is 6.07 Å². The molecule has 19 heavy (non-hydrogen) atoms. The van der Waals surface area contributed by atoms with Crippen LogP contribution in [0.2, 0.25) is 0 Å². The number of aliphatic hydroxyl groups excluding tert-OH is 1. The molecule has 1 heterocycles. The molecule has 0 fully saturated rings. The number of halogens is 1. The largest absolute Gasteiger partial charge is 0.387 e. The molecule has 100 valence electrons. The van der Waals surface area contributed by atoms with Crippen LogP contribution in [0.25, 0.3) is 0 Å². The molecule has 0 saturated heterocycles. The van der Waals surface area contributed by atoms with E-state index in [2.05, 4.69) is 10.3 Å². The van der Waals surface area contributed by atoms with Gasteiger partial charge < -0.3 is 10.4 Å². The van der Waals surface area contributed by atoms with Gasteiger partial charge in [-0.2, -0.15) is 0 Å². The molecule has 0 amide bonds. The third-order valence-electron chi connectivity index (χ3n) is 3.09. The fourth-order valence-electron chi connectivity index (χ4n) is 1.91. The van der Waals surface area contributed by atoms with Crippen LogP contribution in [0.3, 0.4) is 0 Å². The Morgan fingerprint density at radius 1 is 1.21 bits per heavy atom. The van der Waals surface area contributed by atoms with Gasteiger partial charge in [0.15, 0.2) is 0 Å². The number of benzene rings is 1.